The molecule has 2 saturated heterocycles. The first-order chi connectivity index (χ1) is 14.2. The molecule has 1 aromatic carbocycles. The molecule has 0 aliphatic carbocycles. The quantitative estimate of drug-likeness (QED) is 0.325. The zero-order valence-corrected chi connectivity index (χ0v) is 18.7. The van der Waals surface area contributed by atoms with Gasteiger partial charge in [-0.25, -0.2) is 0 Å². The maximum absolute atomic E-state index is 15.4. The Morgan fingerprint density at radius 2 is 2.13 bits per heavy atom. The largest absolute Gasteiger partial charge is 0.396 e. The molecule has 30 heavy (non-hydrogen) atoms. The maximum Gasteiger partial charge on any atom is 0.264 e. The fourth-order valence-electron chi connectivity index (χ4n) is 5.50. The van der Waals surface area contributed by atoms with E-state index in [-0.39, 0.29) is 24.8 Å². The summed E-state index contributed by atoms with van der Waals surface area (Å²) in [6.07, 6.45) is 1.92. The highest BCUT2D eigenvalue weighted by Crippen LogP contribution is 2.60. The molecular weight excluding hydrogens is 403 g/mol. The Hall–Kier alpha value is -2.03. The topological polar surface area (TPSA) is 70.1 Å². The molecule has 1 N–H and O–H groups in total. The van der Waals surface area contributed by atoms with Crippen molar-refractivity contribution in [1.29, 1.82) is 0 Å². The number of benzene rings is 1. The summed E-state index contributed by atoms with van der Waals surface area (Å²) >= 11 is 0. The van der Waals surface area contributed by atoms with Crippen molar-refractivity contribution >= 4 is 31.6 Å². The highest BCUT2D eigenvalue weighted by atomic mass is 28.4. The van der Waals surface area contributed by atoms with Crippen LogP contribution in [-0.4, -0.2) is 51.1 Å². The van der Waals surface area contributed by atoms with Crippen LogP contribution in [0.2, 0.25) is 18.6 Å². The zero-order valence-electron chi connectivity index (χ0n) is 17.7. The summed E-state index contributed by atoms with van der Waals surface area (Å²) in [5.74, 6) is -0.574. The van der Waals surface area contributed by atoms with Gasteiger partial charge in [0.15, 0.2) is 5.60 Å². The van der Waals surface area contributed by atoms with Crippen molar-refractivity contribution in [3.05, 3.63) is 36.4 Å². The van der Waals surface area contributed by atoms with Crippen molar-refractivity contribution in [1.82, 2.24) is 0 Å². The average molecular weight is 433 g/mol. The third kappa shape index (κ3) is 2.88. The number of fused-ring (bicyclic) bond motifs is 2. The lowest BCUT2D eigenvalue weighted by atomic mass is 9.82. The van der Waals surface area contributed by atoms with Gasteiger partial charge in [0.25, 0.3) is 5.91 Å². The van der Waals surface area contributed by atoms with Crippen molar-refractivity contribution in [3.63, 3.8) is 0 Å². The molecule has 3 aliphatic heterocycles. The Balaban J connectivity index is 1.87. The van der Waals surface area contributed by atoms with Crippen LogP contribution in [0.1, 0.15) is 25.3 Å². The number of aliphatic hydroxyl groups is 1. The van der Waals surface area contributed by atoms with Gasteiger partial charge in [0, 0.05) is 48.8 Å². The predicted molar refractivity (Wildman–Crippen MR) is 116 cm³/mol. The standard InChI is InChI=1S/C22H29FN2O4Si/c1-5-10-25-17-7-6-15(24-11-8-19(24)27)13-16(17)22(21(25)28)14(2)20(30(3,4)23)18(29-22)9-12-26/h5-7,13-14,18,20,26H,1,8-12H2,2-4H3/t14-,18+,20-,22+/m0/s1. The summed E-state index contributed by atoms with van der Waals surface area (Å²) in [6, 6.07) is 5.54. The Bertz CT molecular complexity index is 902. The summed E-state index contributed by atoms with van der Waals surface area (Å²) in [6.45, 7) is 9.76. The summed E-state index contributed by atoms with van der Waals surface area (Å²) in [5, 5.41) is 9.57. The van der Waals surface area contributed by atoms with E-state index < -0.39 is 31.6 Å². The highest BCUT2D eigenvalue weighted by molar-refractivity contribution is 6.72. The molecular formula is C22H29FN2O4Si. The molecule has 4 rings (SSSR count). The van der Waals surface area contributed by atoms with Gasteiger partial charge in [0.05, 0.1) is 11.8 Å². The second kappa shape index (κ2) is 7.28. The lowest BCUT2D eigenvalue weighted by Gasteiger charge is -2.33. The van der Waals surface area contributed by atoms with E-state index in [2.05, 4.69) is 6.58 Å². The Morgan fingerprint density at radius 1 is 1.40 bits per heavy atom. The normalized spacial score (nSPS) is 30.8. The van der Waals surface area contributed by atoms with Gasteiger partial charge in [-0.3, -0.25) is 9.59 Å². The fraction of sp³-hybridized carbons (Fsp3) is 0.545. The van der Waals surface area contributed by atoms with Crippen molar-refractivity contribution < 1.29 is 23.5 Å². The number of anilines is 2. The van der Waals surface area contributed by atoms with Crippen LogP contribution >= 0.6 is 0 Å². The number of amides is 2. The number of nitrogens with zero attached hydrogens (tertiary/aromatic N) is 2. The molecule has 3 aliphatic rings. The van der Waals surface area contributed by atoms with Crippen molar-refractivity contribution in [2.24, 2.45) is 5.92 Å². The molecule has 0 bridgehead atoms. The molecule has 0 radical (unpaired) electrons. The van der Waals surface area contributed by atoms with Gasteiger partial charge in [-0.1, -0.05) is 13.0 Å². The molecule has 0 saturated carbocycles. The minimum atomic E-state index is -3.21. The third-order valence-electron chi connectivity index (χ3n) is 6.83. The molecule has 8 heteroatoms. The van der Waals surface area contributed by atoms with Crippen LogP contribution in [0.3, 0.4) is 0 Å². The molecule has 2 fully saturated rings. The van der Waals surface area contributed by atoms with Crippen molar-refractivity contribution in [2.75, 3.05) is 29.5 Å². The van der Waals surface area contributed by atoms with E-state index in [9.17, 15) is 14.7 Å². The van der Waals surface area contributed by atoms with E-state index in [1.54, 1.807) is 29.0 Å². The monoisotopic (exact) mass is 432 g/mol. The number of β-lactam (4-membered cyclic amide) rings is 1. The van der Waals surface area contributed by atoms with Gasteiger partial charge in [0.2, 0.25) is 14.3 Å². The van der Waals surface area contributed by atoms with Crippen LogP contribution in [0.5, 0.6) is 0 Å². The molecule has 3 heterocycles. The van der Waals surface area contributed by atoms with Crippen molar-refractivity contribution in [3.8, 4) is 0 Å². The number of hydrogen-bond donors (Lipinski definition) is 1. The minimum Gasteiger partial charge on any atom is -0.396 e. The first kappa shape index (κ1) is 21.2. The molecule has 0 unspecified atom stereocenters. The Morgan fingerprint density at radius 3 is 2.67 bits per heavy atom. The molecule has 162 valence electrons. The van der Waals surface area contributed by atoms with Crippen LogP contribution < -0.4 is 9.80 Å². The number of aliphatic hydroxyl groups excluding tert-OH is 1. The molecule has 6 nitrogen and oxygen atoms in total. The summed E-state index contributed by atoms with van der Waals surface area (Å²) in [4.78, 5) is 29.0. The molecule has 0 aromatic heterocycles. The van der Waals surface area contributed by atoms with E-state index >= 15 is 4.11 Å². The number of carbonyl (C=O) groups excluding carboxylic acids is 2. The minimum absolute atomic E-state index is 0.0463. The third-order valence-corrected chi connectivity index (χ3v) is 9.29. The zero-order chi connectivity index (χ0) is 21.8. The molecule has 1 spiro atoms. The molecule has 2 amide bonds. The van der Waals surface area contributed by atoms with Crippen LogP contribution in [-0.2, 0) is 19.9 Å². The summed E-state index contributed by atoms with van der Waals surface area (Å²) in [7, 11) is -3.21. The predicted octanol–water partition coefficient (Wildman–Crippen LogP) is 3.11. The van der Waals surface area contributed by atoms with Gasteiger partial charge >= 0.3 is 0 Å². The lowest BCUT2D eigenvalue weighted by Crippen LogP contribution is -2.45. The van der Waals surface area contributed by atoms with E-state index in [0.29, 0.717) is 30.8 Å². The van der Waals surface area contributed by atoms with Crippen molar-refractivity contribution in [2.45, 2.75) is 50.1 Å². The SMILES string of the molecule is C=CCN1C(=O)[C@]2(O[C@H](CCO)[C@@H]([Si](C)(C)F)[C@@H]2C)c2cc(N3CCC3=O)ccc21. The van der Waals surface area contributed by atoms with E-state index in [1.165, 1.54) is 0 Å². The summed E-state index contributed by atoms with van der Waals surface area (Å²) in [5.41, 5.74) is 0.378. The molecule has 1 aromatic rings. The average Bonchev–Trinajstić information content (AvgIpc) is 3.09. The van der Waals surface area contributed by atoms with Crippen LogP contribution in [0.15, 0.2) is 30.9 Å². The van der Waals surface area contributed by atoms with Gasteiger partial charge in [-0.2, -0.15) is 0 Å². The molecule has 4 atom stereocenters. The van der Waals surface area contributed by atoms with E-state index in [1.807, 2.05) is 25.1 Å². The number of rotatable bonds is 6. The number of carbonyl (C=O) groups is 2. The first-order valence-corrected chi connectivity index (χ1v) is 13.5. The lowest BCUT2D eigenvalue weighted by molar-refractivity contribution is -0.146. The number of halogens is 1. The second-order valence-corrected chi connectivity index (χ2v) is 12.8. The van der Waals surface area contributed by atoms with Crippen LogP contribution in [0.25, 0.3) is 0 Å². The number of ether oxygens (including phenoxy) is 1. The smallest absolute Gasteiger partial charge is 0.264 e. The van der Waals surface area contributed by atoms with Gasteiger partial charge in [0.1, 0.15) is 0 Å². The van der Waals surface area contributed by atoms with Gasteiger partial charge < -0.3 is 23.8 Å². The highest BCUT2D eigenvalue weighted by Gasteiger charge is 2.66. The van der Waals surface area contributed by atoms with E-state index in [4.69, 9.17) is 4.74 Å². The van der Waals surface area contributed by atoms with Crippen LogP contribution in [0.4, 0.5) is 15.5 Å². The Labute approximate surface area is 177 Å². The fourth-order valence-corrected chi connectivity index (χ4v) is 8.04. The van der Waals surface area contributed by atoms with Gasteiger partial charge in [-0.15, -0.1) is 6.58 Å². The first-order valence-electron chi connectivity index (χ1n) is 10.5. The second-order valence-electron chi connectivity index (χ2n) is 8.98. The summed E-state index contributed by atoms with van der Waals surface area (Å²) < 4.78 is 21.8. The number of hydrogen-bond acceptors (Lipinski definition) is 4. The van der Waals surface area contributed by atoms with E-state index in [0.717, 1.165) is 5.69 Å². The Kier molecular flexibility index (Phi) is 5.15. The maximum atomic E-state index is 15.4. The van der Waals surface area contributed by atoms with Crippen LogP contribution in [0, 0.1) is 5.92 Å². The van der Waals surface area contributed by atoms with Gasteiger partial charge in [-0.05, 0) is 37.7 Å².